The third-order valence-electron chi connectivity index (χ3n) is 3.34. The van der Waals surface area contributed by atoms with Gasteiger partial charge < -0.3 is 10.5 Å². The van der Waals surface area contributed by atoms with E-state index in [0.29, 0.717) is 5.92 Å². The van der Waals surface area contributed by atoms with Gasteiger partial charge in [0.1, 0.15) is 0 Å². The molecule has 0 aromatic heterocycles. The number of rotatable bonds is 4. The lowest BCUT2D eigenvalue weighted by atomic mass is 9.72. The fourth-order valence-electron chi connectivity index (χ4n) is 2.32. The SMILES string of the molecule is CC(CN)CC1(c2cccc(Cl)c2)COC1. The minimum absolute atomic E-state index is 0.143. The van der Waals surface area contributed by atoms with Gasteiger partial charge in [-0.2, -0.15) is 0 Å². The Bertz CT molecular complexity index is 363. The van der Waals surface area contributed by atoms with Crippen LogP contribution in [0.5, 0.6) is 0 Å². The molecular weight excluding hydrogens is 222 g/mol. The molecular formula is C13H18ClNO. The van der Waals surface area contributed by atoms with Crippen molar-refractivity contribution in [1.82, 2.24) is 0 Å². The molecule has 1 fully saturated rings. The maximum Gasteiger partial charge on any atom is 0.0585 e. The molecule has 1 aromatic rings. The van der Waals surface area contributed by atoms with Gasteiger partial charge in [-0.3, -0.25) is 0 Å². The molecule has 3 heteroatoms. The Morgan fingerprint density at radius 2 is 2.25 bits per heavy atom. The quantitative estimate of drug-likeness (QED) is 0.877. The number of nitrogens with two attached hydrogens (primary N) is 1. The molecule has 0 radical (unpaired) electrons. The zero-order chi connectivity index (χ0) is 11.6. The van der Waals surface area contributed by atoms with Crippen molar-refractivity contribution in [2.24, 2.45) is 11.7 Å². The van der Waals surface area contributed by atoms with E-state index in [1.54, 1.807) is 0 Å². The molecule has 1 saturated heterocycles. The second kappa shape index (κ2) is 4.74. The summed E-state index contributed by atoms with van der Waals surface area (Å²) in [5.41, 5.74) is 7.13. The second-order valence-corrected chi connectivity index (χ2v) is 5.26. The fraction of sp³-hybridized carbons (Fsp3) is 0.538. The van der Waals surface area contributed by atoms with Gasteiger partial charge in [0.2, 0.25) is 0 Å². The van der Waals surface area contributed by atoms with E-state index in [1.165, 1.54) is 5.56 Å². The molecule has 0 spiro atoms. The van der Waals surface area contributed by atoms with Crippen LogP contribution in [0.4, 0.5) is 0 Å². The van der Waals surface area contributed by atoms with E-state index in [2.05, 4.69) is 13.0 Å². The molecule has 0 saturated carbocycles. The van der Waals surface area contributed by atoms with Crippen molar-refractivity contribution in [3.05, 3.63) is 34.9 Å². The highest BCUT2D eigenvalue weighted by Crippen LogP contribution is 2.38. The van der Waals surface area contributed by atoms with Crippen LogP contribution < -0.4 is 5.73 Å². The molecule has 2 nitrogen and oxygen atoms in total. The predicted molar refractivity (Wildman–Crippen MR) is 66.8 cm³/mol. The summed E-state index contributed by atoms with van der Waals surface area (Å²) in [5.74, 6) is 0.517. The summed E-state index contributed by atoms with van der Waals surface area (Å²) in [6.45, 7) is 4.49. The highest BCUT2D eigenvalue weighted by molar-refractivity contribution is 6.30. The van der Waals surface area contributed by atoms with Gasteiger partial charge in [0.15, 0.2) is 0 Å². The van der Waals surface area contributed by atoms with Gasteiger partial charge in [0, 0.05) is 10.4 Å². The van der Waals surface area contributed by atoms with Crippen LogP contribution in [0.2, 0.25) is 5.02 Å². The molecule has 1 aromatic carbocycles. The monoisotopic (exact) mass is 239 g/mol. The van der Waals surface area contributed by atoms with E-state index in [-0.39, 0.29) is 5.41 Å². The van der Waals surface area contributed by atoms with Crippen LogP contribution in [0.25, 0.3) is 0 Å². The fourth-order valence-corrected chi connectivity index (χ4v) is 2.51. The first-order chi connectivity index (χ1) is 7.66. The number of halogens is 1. The van der Waals surface area contributed by atoms with Crippen molar-refractivity contribution >= 4 is 11.6 Å². The number of hydrogen-bond acceptors (Lipinski definition) is 2. The van der Waals surface area contributed by atoms with Gasteiger partial charge in [-0.15, -0.1) is 0 Å². The Balaban J connectivity index is 2.21. The summed E-state index contributed by atoms with van der Waals surface area (Å²) in [6.07, 6.45) is 1.07. The molecule has 1 unspecified atom stereocenters. The Kier molecular flexibility index (Phi) is 3.53. The Labute approximate surface area is 102 Å². The Hall–Kier alpha value is -0.570. The van der Waals surface area contributed by atoms with E-state index in [0.717, 1.165) is 31.2 Å². The zero-order valence-electron chi connectivity index (χ0n) is 9.58. The van der Waals surface area contributed by atoms with Crippen LogP contribution in [0.1, 0.15) is 18.9 Å². The summed E-state index contributed by atoms with van der Waals surface area (Å²) in [5, 5.41) is 0.796. The van der Waals surface area contributed by atoms with Crippen LogP contribution >= 0.6 is 11.6 Å². The summed E-state index contributed by atoms with van der Waals surface area (Å²) >= 11 is 6.04. The first-order valence-corrected chi connectivity index (χ1v) is 6.08. The molecule has 1 aliphatic heterocycles. The van der Waals surface area contributed by atoms with Gasteiger partial charge in [0.05, 0.1) is 13.2 Å². The average molecular weight is 240 g/mol. The van der Waals surface area contributed by atoms with E-state index in [4.69, 9.17) is 22.1 Å². The highest BCUT2D eigenvalue weighted by Gasteiger charge is 2.41. The van der Waals surface area contributed by atoms with Gasteiger partial charge in [-0.1, -0.05) is 30.7 Å². The van der Waals surface area contributed by atoms with Crippen LogP contribution in [-0.4, -0.2) is 19.8 Å². The third-order valence-corrected chi connectivity index (χ3v) is 3.57. The molecule has 0 bridgehead atoms. The summed E-state index contributed by atoms with van der Waals surface area (Å²) < 4.78 is 5.39. The predicted octanol–water partition coefficient (Wildman–Crippen LogP) is 2.59. The average Bonchev–Trinajstić information content (AvgIpc) is 2.23. The smallest absolute Gasteiger partial charge is 0.0585 e. The van der Waals surface area contributed by atoms with Crippen molar-refractivity contribution in [3.8, 4) is 0 Å². The molecule has 16 heavy (non-hydrogen) atoms. The zero-order valence-corrected chi connectivity index (χ0v) is 10.3. The maximum absolute atomic E-state index is 6.04. The van der Waals surface area contributed by atoms with Gasteiger partial charge in [-0.25, -0.2) is 0 Å². The van der Waals surface area contributed by atoms with Gasteiger partial charge in [0.25, 0.3) is 0 Å². The standard InChI is InChI=1S/C13H18ClNO/c1-10(7-15)6-13(8-16-9-13)11-3-2-4-12(14)5-11/h2-5,10H,6-9,15H2,1H3. The first-order valence-electron chi connectivity index (χ1n) is 5.70. The lowest BCUT2D eigenvalue weighted by molar-refractivity contribution is -0.0701. The molecule has 88 valence electrons. The van der Waals surface area contributed by atoms with Crippen LogP contribution in [-0.2, 0) is 10.2 Å². The minimum atomic E-state index is 0.143. The highest BCUT2D eigenvalue weighted by atomic mass is 35.5. The Morgan fingerprint density at radius 3 is 2.75 bits per heavy atom. The number of ether oxygens (including phenoxy) is 1. The Morgan fingerprint density at radius 1 is 1.50 bits per heavy atom. The summed E-state index contributed by atoms with van der Waals surface area (Å²) in [6, 6.07) is 8.10. The molecule has 0 aliphatic carbocycles. The second-order valence-electron chi connectivity index (χ2n) is 4.83. The number of hydrogen-bond donors (Lipinski definition) is 1. The van der Waals surface area contributed by atoms with Crippen molar-refractivity contribution in [2.45, 2.75) is 18.8 Å². The summed E-state index contributed by atoms with van der Waals surface area (Å²) in [4.78, 5) is 0. The van der Waals surface area contributed by atoms with Crippen molar-refractivity contribution in [2.75, 3.05) is 19.8 Å². The maximum atomic E-state index is 6.04. The van der Waals surface area contributed by atoms with E-state index in [9.17, 15) is 0 Å². The lowest BCUT2D eigenvalue weighted by Gasteiger charge is -2.43. The van der Waals surface area contributed by atoms with Gasteiger partial charge in [-0.05, 0) is 36.6 Å². The largest absolute Gasteiger partial charge is 0.379 e. The van der Waals surface area contributed by atoms with E-state index < -0.39 is 0 Å². The van der Waals surface area contributed by atoms with Crippen LogP contribution in [0.15, 0.2) is 24.3 Å². The molecule has 1 atom stereocenters. The van der Waals surface area contributed by atoms with E-state index >= 15 is 0 Å². The first kappa shape index (κ1) is 11.9. The van der Waals surface area contributed by atoms with E-state index in [1.807, 2.05) is 18.2 Å². The molecule has 1 heterocycles. The van der Waals surface area contributed by atoms with Crippen molar-refractivity contribution in [1.29, 1.82) is 0 Å². The third kappa shape index (κ3) is 2.24. The van der Waals surface area contributed by atoms with Crippen LogP contribution in [0.3, 0.4) is 0 Å². The molecule has 2 rings (SSSR count). The molecule has 2 N–H and O–H groups in total. The summed E-state index contributed by atoms with van der Waals surface area (Å²) in [7, 11) is 0. The lowest BCUT2D eigenvalue weighted by Crippen LogP contribution is -2.48. The minimum Gasteiger partial charge on any atom is -0.379 e. The van der Waals surface area contributed by atoms with Gasteiger partial charge >= 0.3 is 0 Å². The van der Waals surface area contributed by atoms with Crippen molar-refractivity contribution in [3.63, 3.8) is 0 Å². The van der Waals surface area contributed by atoms with Crippen LogP contribution in [0, 0.1) is 5.92 Å². The molecule has 0 amide bonds. The normalized spacial score (nSPS) is 20.2. The topological polar surface area (TPSA) is 35.2 Å². The molecule has 1 aliphatic rings. The van der Waals surface area contributed by atoms with Crippen molar-refractivity contribution < 1.29 is 4.74 Å². The number of benzene rings is 1.